The molecule has 2 aromatic rings. The van der Waals surface area contributed by atoms with Crippen molar-refractivity contribution in [2.75, 3.05) is 0 Å². The van der Waals surface area contributed by atoms with Crippen LogP contribution in [0.25, 0.3) is 6.08 Å². The Hall–Kier alpha value is -2.08. The summed E-state index contributed by atoms with van der Waals surface area (Å²) in [6.45, 7) is 5.71. The fraction of sp³-hybridized carbons (Fsp3) is 0.429. The average molecular weight is 360 g/mol. The first-order valence-electron chi connectivity index (χ1n) is 9.00. The van der Waals surface area contributed by atoms with Crippen LogP contribution in [-0.2, 0) is 6.61 Å². The molecule has 0 bridgehead atoms. The molecule has 142 valence electrons. The number of allylic oxidation sites excluding steroid dienone is 1. The molecule has 2 heterocycles. The van der Waals surface area contributed by atoms with E-state index in [1.807, 2.05) is 12.1 Å². The van der Waals surface area contributed by atoms with Gasteiger partial charge in [-0.1, -0.05) is 25.0 Å². The van der Waals surface area contributed by atoms with E-state index in [0.29, 0.717) is 30.1 Å². The first-order valence-corrected chi connectivity index (χ1v) is 9.00. The lowest BCUT2D eigenvalue weighted by Crippen LogP contribution is -2.25. The first kappa shape index (κ1) is 20.2. The molecular formula is C21H28O5. The highest BCUT2D eigenvalue weighted by molar-refractivity contribution is 5.47. The third-order valence-corrected chi connectivity index (χ3v) is 4.43. The van der Waals surface area contributed by atoms with Crippen molar-refractivity contribution in [2.45, 2.75) is 51.4 Å². The Balaban J connectivity index is 2.01. The van der Waals surface area contributed by atoms with Crippen molar-refractivity contribution in [1.29, 1.82) is 0 Å². The second kappa shape index (κ2) is 10.2. The minimum absolute atomic E-state index is 0.124. The molecule has 0 aromatic carbocycles. The Kier molecular flexibility index (Phi) is 7.91. The summed E-state index contributed by atoms with van der Waals surface area (Å²) in [5.41, 5.74) is 1.15. The van der Waals surface area contributed by atoms with Crippen LogP contribution in [0.2, 0.25) is 0 Å². The van der Waals surface area contributed by atoms with Crippen molar-refractivity contribution in [3.05, 3.63) is 66.0 Å². The Morgan fingerprint density at radius 1 is 1.23 bits per heavy atom. The molecule has 2 aromatic heterocycles. The molecule has 26 heavy (non-hydrogen) atoms. The largest absolute Gasteiger partial charge is 0.467 e. The van der Waals surface area contributed by atoms with Gasteiger partial charge in [0, 0.05) is 5.92 Å². The van der Waals surface area contributed by atoms with Crippen LogP contribution in [0.5, 0.6) is 0 Å². The molecule has 0 spiro atoms. The van der Waals surface area contributed by atoms with Crippen LogP contribution >= 0.6 is 0 Å². The van der Waals surface area contributed by atoms with E-state index in [9.17, 15) is 10.2 Å². The number of furan rings is 2. The van der Waals surface area contributed by atoms with Gasteiger partial charge in [-0.15, -0.1) is 6.58 Å². The van der Waals surface area contributed by atoms with Crippen LogP contribution in [0.3, 0.4) is 0 Å². The monoisotopic (exact) mass is 360 g/mol. The fourth-order valence-electron chi connectivity index (χ4n) is 3.02. The lowest BCUT2D eigenvalue weighted by atomic mass is 9.89. The van der Waals surface area contributed by atoms with Gasteiger partial charge in [0.05, 0.1) is 12.4 Å². The smallest absolute Gasteiger partial charge is 0.132 e. The van der Waals surface area contributed by atoms with Crippen LogP contribution < -0.4 is 0 Å². The average Bonchev–Trinajstić information content (AvgIpc) is 3.32. The van der Waals surface area contributed by atoms with E-state index in [2.05, 4.69) is 13.5 Å². The molecule has 2 rings (SSSR count). The van der Waals surface area contributed by atoms with Gasteiger partial charge in [-0.2, -0.15) is 0 Å². The minimum atomic E-state index is -0.923. The van der Waals surface area contributed by atoms with E-state index >= 15 is 0 Å². The van der Waals surface area contributed by atoms with Gasteiger partial charge in [-0.25, -0.2) is 0 Å². The van der Waals surface area contributed by atoms with Gasteiger partial charge < -0.3 is 24.2 Å². The van der Waals surface area contributed by atoms with Gasteiger partial charge in [0.25, 0.3) is 0 Å². The molecule has 5 nitrogen and oxygen atoms in total. The van der Waals surface area contributed by atoms with E-state index in [1.54, 1.807) is 24.3 Å². The first-order chi connectivity index (χ1) is 12.6. The minimum Gasteiger partial charge on any atom is -0.467 e. The Bertz CT molecular complexity index is 683. The van der Waals surface area contributed by atoms with Crippen LogP contribution in [0.1, 0.15) is 56.0 Å². The SMILES string of the molecule is C=C[C@H]([C@H](O)CC/C(=C/c1ccc(CO)o1)CCC)[C@H](O)c1ccco1. The van der Waals surface area contributed by atoms with Gasteiger partial charge in [-0.05, 0) is 49.6 Å². The second-order valence-corrected chi connectivity index (χ2v) is 6.39. The molecule has 3 atom stereocenters. The second-order valence-electron chi connectivity index (χ2n) is 6.39. The van der Waals surface area contributed by atoms with Crippen LogP contribution in [0, 0.1) is 5.92 Å². The summed E-state index contributed by atoms with van der Waals surface area (Å²) in [7, 11) is 0. The molecule has 0 amide bonds. The summed E-state index contributed by atoms with van der Waals surface area (Å²) < 4.78 is 10.7. The lowest BCUT2D eigenvalue weighted by molar-refractivity contribution is 0.0207. The predicted molar refractivity (Wildman–Crippen MR) is 100 cm³/mol. The molecule has 0 aliphatic carbocycles. The Morgan fingerprint density at radius 3 is 2.62 bits per heavy atom. The maximum atomic E-state index is 10.5. The zero-order valence-corrected chi connectivity index (χ0v) is 15.2. The van der Waals surface area contributed by atoms with Gasteiger partial charge in [0.1, 0.15) is 30.0 Å². The summed E-state index contributed by atoms with van der Waals surface area (Å²) in [6, 6.07) is 6.96. The van der Waals surface area contributed by atoms with Crippen molar-refractivity contribution in [2.24, 2.45) is 5.92 Å². The van der Waals surface area contributed by atoms with Crippen molar-refractivity contribution in [3.63, 3.8) is 0 Å². The summed E-state index contributed by atoms with van der Waals surface area (Å²) in [5, 5.41) is 30.0. The van der Waals surface area contributed by atoms with E-state index in [-0.39, 0.29) is 6.61 Å². The van der Waals surface area contributed by atoms with E-state index in [0.717, 1.165) is 18.4 Å². The molecule has 0 saturated heterocycles. The van der Waals surface area contributed by atoms with Crippen LogP contribution in [-0.4, -0.2) is 21.4 Å². The van der Waals surface area contributed by atoms with Crippen molar-refractivity contribution in [1.82, 2.24) is 0 Å². The number of hydrogen-bond acceptors (Lipinski definition) is 5. The molecule has 0 aliphatic rings. The maximum Gasteiger partial charge on any atom is 0.132 e. The lowest BCUT2D eigenvalue weighted by Gasteiger charge is -2.24. The molecule has 0 radical (unpaired) electrons. The Labute approximate surface area is 154 Å². The van der Waals surface area contributed by atoms with Crippen molar-refractivity contribution < 1.29 is 24.2 Å². The topological polar surface area (TPSA) is 87.0 Å². The molecule has 0 fully saturated rings. The number of rotatable bonds is 11. The van der Waals surface area contributed by atoms with Crippen molar-refractivity contribution in [3.8, 4) is 0 Å². The molecular weight excluding hydrogens is 332 g/mol. The summed E-state index contributed by atoms with van der Waals surface area (Å²) in [4.78, 5) is 0. The standard InChI is InChI=1S/C21H28O5/c1-3-6-15(13-16-9-10-17(14-22)26-16)8-11-19(23)18(4-2)21(24)20-7-5-12-25-20/h4-5,7,9-10,12-13,18-19,21-24H,2-3,6,8,11,14H2,1H3/b15-13+/t18-,19-,21+/m1/s1. The molecule has 0 saturated carbocycles. The van der Waals surface area contributed by atoms with Gasteiger partial charge in [-0.3, -0.25) is 0 Å². The van der Waals surface area contributed by atoms with E-state index < -0.39 is 18.1 Å². The summed E-state index contributed by atoms with van der Waals surface area (Å²) in [6.07, 6.45) is 6.41. The quantitative estimate of drug-likeness (QED) is 0.522. The van der Waals surface area contributed by atoms with E-state index in [4.69, 9.17) is 13.9 Å². The molecule has 0 aliphatic heterocycles. The molecule has 5 heteroatoms. The highest BCUT2D eigenvalue weighted by Crippen LogP contribution is 2.29. The zero-order chi connectivity index (χ0) is 18.9. The molecule has 3 N–H and O–H groups in total. The van der Waals surface area contributed by atoms with Crippen LogP contribution in [0.15, 0.2) is 57.6 Å². The summed E-state index contributed by atoms with van der Waals surface area (Å²) >= 11 is 0. The third kappa shape index (κ3) is 5.46. The normalized spacial score (nSPS) is 15.6. The third-order valence-electron chi connectivity index (χ3n) is 4.43. The number of hydrogen-bond donors (Lipinski definition) is 3. The predicted octanol–water partition coefficient (Wildman–Crippen LogP) is 4.23. The highest BCUT2D eigenvalue weighted by atomic mass is 16.4. The number of aliphatic hydroxyl groups excluding tert-OH is 3. The Morgan fingerprint density at radius 2 is 2.04 bits per heavy atom. The summed E-state index contributed by atoms with van der Waals surface area (Å²) in [5.74, 6) is 1.14. The van der Waals surface area contributed by atoms with Gasteiger partial charge in [0.2, 0.25) is 0 Å². The zero-order valence-electron chi connectivity index (χ0n) is 15.2. The number of aliphatic hydroxyl groups is 3. The van der Waals surface area contributed by atoms with Gasteiger partial charge >= 0.3 is 0 Å². The maximum absolute atomic E-state index is 10.5. The molecule has 0 unspecified atom stereocenters. The van der Waals surface area contributed by atoms with Crippen molar-refractivity contribution >= 4 is 6.08 Å². The van der Waals surface area contributed by atoms with E-state index in [1.165, 1.54) is 6.26 Å². The van der Waals surface area contributed by atoms with Crippen LogP contribution in [0.4, 0.5) is 0 Å². The fourth-order valence-corrected chi connectivity index (χ4v) is 3.02. The highest BCUT2D eigenvalue weighted by Gasteiger charge is 2.27. The van der Waals surface area contributed by atoms with Gasteiger partial charge in [0.15, 0.2) is 0 Å².